The lowest BCUT2D eigenvalue weighted by Crippen LogP contribution is -2.30. The van der Waals surface area contributed by atoms with E-state index in [1.54, 1.807) is 0 Å². The Labute approximate surface area is 329 Å². The standard InChI is InChI=1S/C47H90O6/c1-6-7-8-25-32-37-45(48)51-40-44(41-52-46(49)38-33-28-23-19-16-15-18-22-27-31-36-43(4)5)53-47(50)39-34-29-24-20-14-12-10-9-11-13-17-21-26-30-35-42(2)3/h42-44H,6-41H2,1-5H3/t44-/m0/s1. The molecule has 0 aliphatic heterocycles. The SMILES string of the molecule is CCCCCCCC(=O)OC[C@@H](COC(=O)CCCCCCCCCCCCC(C)C)OC(=O)CCCCCCCCCCCCCCCCC(C)C. The van der Waals surface area contributed by atoms with Crippen molar-refractivity contribution in [2.45, 2.75) is 259 Å². The van der Waals surface area contributed by atoms with Crippen LogP contribution in [-0.4, -0.2) is 37.2 Å². The van der Waals surface area contributed by atoms with Crippen LogP contribution >= 0.6 is 0 Å². The van der Waals surface area contributed by atoms with Gasteiger partial charge in [0, 0.05) is 19.3 Å². The number of rotatable bonds is 41. The van der Waals surface area contributed by atoms with Gasteiger partial charge in [0.15, 0.2) is 6.10 Å². The molecule has 0 unspecified atom stereocenters. The molecule has 0 rings (SSSR count). The van der Waals surface area contributed by atoms with Gasteiger partial charge in [0.2, 0.25) is 0 Å². The molecule has 0 spiro atoms. The van der Waals surface area contributed by atoms with Crippen LogP contribution in [-0.2, 0) is 28.6 Å². The number of hydrogen-bond donors (Lipinski definition) is 0. The van der Waals surface area contributed by atoms with Crippen LogP contribution in [0, 0.1) is 11.8 Å². The van der Waals surface area contributed by atoms with E-state index in [9.17, 15) is 14.4 Å². The first-order valence-electron chi connectivity index (χ1n) is 23.2. The summed E-state index contributed by atoms with van der Waals surface area (Å²) in [6, 6.07) is 0. The summed E-state index contributed by atoms with van der Waals surface area (Å²) in [5.41, 5.74) is 0. The van der Waals surface area contributed by atoms with Gasteiger partial charge in [0.05, 0.1) is 0 Å². The van der Waals surface area contributed by atoms with Gasteiger partial charge in [-0.3, -0.25) is 14.4 Å². The summed E-state index contributed by atoms with van der Waals surface area (Å²) in [4.78, 5) is 37.5. The van der Waals surface area contributed by atoms with Gasteiger partial charge < -0.3 is 14.2 Å². The van der Waals surface area contributed by atoms with Gasteiger partial charge in [-0.05, 0) is 31.1 Å². The van der Waals surface area contributed by atoms with Crippen molar-refractivity contribution < 1.29 is 28.6 Å². The number of carbonyl (C=O) groups is 3. The molecule has 0 aromatic rings. The van der Waals surface area contributed by atoms with Gasteiger partial charge in [-0.2, -0.15) is 0 Å². The van der Waals surface area contributed by atoms with Gasteiger partial charge in [0.25, 0.3) is 0 Å². The summed E-state index contributed by atoms with van der Waals surface area (Å²) in [5, 5.41) is 0. The lowest BCUT2D eigenvalue weighted by molar-refractivity contribution is -0.167. The molecule has 0 bridgehead atoms. The zero-order valence-corrected chi connectivity index (χ0v) is 36.1. The molecule has 0 aromatic heterocycles. The average molecular weight is 751 g/mol. The molecular formula is C47H90O6. The van der Waals surface area contributed by atoms with Gasteiger partial charge in [0.1, 0.15) is 13.2 Å². The summed E-state index contributed by atoms with van der Waals surface area (Å²) in [5.74, 6) is 0.793. The van der Waals surface area contributed by atoms with E-state index in [2.05, 4.69) is 34.6 Å². The van der Waals surface area contributed by atoms with E-state index in [0.29, 0.717) is 19.3 Å². The summed E-state index contributed by atoms with van der Waals surface area (Å²) in [6.07, 6.45) is 38.3. The normalized spacial score (nSPS) is 12.1. The molecule has 0 aliphatic rings. The Kier molecular flexibility index (Phi) is 38.9. The molecule has 0 heterocycles. The number of unbranched alkanes of at least 4 members (excludes halogenated alkanes) is 26. The average Bonchev–Trinajstić information content (AvgIpc) is 3.12. The maximum atomic E-state index is 12.7. The fraction of sp³-hybridized carbons (Fsp3) is 0.936. The van der Waals surface area contributed by atoms with E-state index >= 15 is 0 Å². The Bertz CT molecular complexity index is 809. The summed E-state index contributed by atoms with van der Waals surface area (Å²) >= 11 is 0. The Morgan fingerprint density at radius 1 is 0.358 bits per heavy atom. The molecule has 6 heteroatoms. The number of hydrogen-bond acceptors (Lipinski definition) is 6. The maximum absolute atomic E-state index is 12.7. The highest BCUT2D eigenvalue weighted by Gasteiger charge is 2.19. The third-order valence-electron chi connectivity index (χ3n) is 10.5. The van der Waals surface area contributed by atoms with Gasteiger partial charge in [-0.15, -0.1) is 0 Å². The molecule has 1 atom stereocenters. The fourth-order valence-corrected chi connectivity index (χ4v) is 6.93. The molecule has 314 valence electrons. The molecular weight excluding hydrogens is 661 g/mol. The summed E-state index contributed by atoms with van der Waals surface area (Å²) in [6.45, 7) is 11.3. The van der Waals surface area contributed by atoms with E-state index < -0.39 is 6.10 Å². The molecule has 0 saturated carbocycles. The number of ether oxygens (including phenoxy) is 3. The van der Waals surface area contributed by atoms with Crippen LogP contribution in [0.5, 0.6) is 0 Å². The van der Waals surface area contributed by atoms with Crippen LogP contribution in [0.2, 0.25) is 0 Å². The van der Waals surface area contributed by atoms with Gasteiger partial charge in [-0.1, -0.05) is 214 Å². The van der Waals surface area contributed by atoms with Crippen LogP contribution in [0.15, 0.2) is 0 Å². The molecule has 0 amide bonds. The first-order valence-corrected chi connectivity index (χ1v) is 23.2. The first-order chi connectivity index (χ1) is 25.7. The third kappa shape index (κ3) is 41.4. The van der Waals surface area contributed by atoms with E-state index in [0.717, 1.165) is 76.0 Å². The minimum atomic E-state index is -0.759. The molecule has 53 heavy (non-hydrogen) atoms. The molecule has 0 radical (unpaired) electrons. The third-order valence-corrected chi connectivity index (χ3v) is 10.5. The molecule has 0 aliphatic carbocycles. The topological polar surface area (TPSA) is 78.9 Å². The van der Waals surface area contributed by atoms with Crippen molar-refractivity contribution in [3.63, 3.8) is 0 Å². The van der Waals surface area contributed by atoms with Crippen LogP contribution < -0.4 is 0 Å². The minimum Gasteiger partial charge on any atom is -0.462 e. The summed E-state index contributed by atoms with van der Waals surface area (Å²) < 4.78 is 16.6. The van der Waals surface area contributed by atoms with Crippen molar-refractivity contribution in [1.82, 2.24) is 0 Å². The van der Waals surface area contributed by atoms with Gasteiger partial charge >= 0.3 is 17.9 Å². The Balaban J connectivity index is 4.16. The van der Waals surface area contributed by atoms with Crippen LogP contribution in [0.4, 0.5) is 0 Å². The zero-order valence-electron chi connectivity index (χ0n) is 36.1. The quantitative estimate of drug-likeness (QED) is 0.0352. The van der Waals surface area contributed by atoms with Crippen molar-refractivity contribution in [2.24, 2.45) is 11.8 Å². The van der Waals surface area contributed by atoms with Crippen molar-refractivity contribution in [2.75, 3.05) is 13.2 Å². The van der Waals surface area contributed by atoms with Crippen LogP contribution in [0.25, 0.3) is 0 Å². The molecule has 0 fully saturated rings. The van der Waals surface area contributed by atoms with Crippen LogP contribution in [0.1, 0.15) is 253 Å². The molecule has 0 saturated heterocycles. The molecule has 6 nitrogen and oxygen atoms in total. The Morgan fingerprint density at radius 3 is 0.925 bits per heavy atom. The van der Waals surface area contributed by atoms with Crippen molar-refractivity contribution in [3.05, 3.63) is 0 Å². The highest BCUT2D eigenvalue weighted by molar-refractivity contribution is 5.71. The smallest absolute Gasteiger partial charge is 0.306 e. The van der Waals surface area contributed by atoms with E-state index in [-0.39, 0.29) is 31.1 Å². The van der Waals surface area contributed by atoms with Crippen LogP contribution in [0.3, 0.4) is 0 Å². The van der Waals surface area contributed by atoms with Crippen molar-refractivity contribution in [1.29, 1.82) is 0 Å². The molecule has 0 aromatic carbocycles. The van der Waals surface area contributed by atoms with Gasteiger partial charge in [-0.25, -0.2) is 0 Å². The second-order valence-corrected chi connectivity index (χ2v) is 17.0. The number of esters is 3. The second-order valence-electron chi connectivity index (χ2n) is 17.0. The van der Waals surface area contributed by atoms with E-state index in [1.165, 1.54) is 135 Å². The number of carbonyl (C=O) groups excluding carboxylic acids is 3. The minimum absolute atomic E-state index is 0.0657. The summed E-state index contributed by atoms with van der Waals surface area (Å²) in [7, 11) is 0. The molecule has 0 N–H and O–H groups in total. The highest BCUT2D eigenvalue weighted by Crippen LogP contribution is 2.17. The maximum Gasteiger partial charge on any atom is 0.306 e. The highest BCUT2D eigenvalue weighted by atomic mass is 16.6. The monoisotopic (exact) mass is 751 g/mol. The largest absolute Gasteiger partial charge is 0.462 e. The Hall–Kier alpha value is -1.59. The van der Waals surface area contributed by atoms with E-state index in [4.69, 9.17) is 14.2 Å². The van der Waals surface area contributed by atoms with Crippen molar-refractivity contribution in [3.8, 4) is 0 Å². The predicted molar refractivity (Wildman–Crippen MR) is 224 cm³/mol. The second kappa shape index (κ2) is 40.1. The van der Waals surface area contributed by atoms with Crippen molar-refractivity contribution >= 4 is 17.9 Å². The Morgan fingerprint density at radius 2 is 0.623 bits per heavy atom. The first kappa shape index (κ1) is 51.4. The lowest BCUT2D eigenvalue weighted by atomic mass is 10.0. The predicted octanol–water partition coefficient (Wildman–Crippen LogP) is 14.6. The zero-order chi connectivity index (χ0) is 39.0. The lowest BCUT2D eigenvalue weighted by Gasteiger charge is -2.18. The van der Waals surface area contributed by atoms with E-state index in [1.807, 2.05) is 0 Å². The fourth-order valence-electron chi connectivity index (χ4n) is 6.93.